The zero-order chi connectivity index (χ0) is 9.84. The van der Waals surface area contributed by atoms with E-state index in [0.717, 1.165) is 11.3 Å². The van der Waals surface area contributed by atoms with Crippen LogP contribution in [0.25, 0.3) is 0 Å². The van der Waals surface area contributed by atoms with E-state index in [-0.39, 0.29) is 6.10 Å². The number of aromatic nitrogens is 1. The van der Waals surface area contributed by atoms with Crippen molar-refractivity contribution >= 4 is 17.6 Å². The van der Waals surface area contributed by atoms with E-state index in [0.29, 0.717) is 10.8 Å². The molecule has 0 saturated carbocycles. The normalized spacial score (nSPS) is 13.2. The topological polar surface area (TPSA) is 39.2 Å². The van der Waals surface area contributed by atoms with Crippen molar-refractivity contribution in [1.82, 2.24) is 4.98 Å². The molecule has 1 aromatic rings. The highest BCUT2D eigenvalue weighted by Gasteiger charge is 2.18. The molecule has 0 fully saturated rings. The summed E-state index contributed by atoms with van der Waals surface area (Å²) in [5, 5.41) is 0.875. The minimum Gasteiger partial charge on any atom is -0.374 e. The molecule has 1 heterocycles. The lowest BCUT2D eigenvalue weighted by molar-refractivity contribution is 0.0644. The number of hydrogen-bond donors (Lipinski definition) is 0. The van der Waals surface area contributed by atoms with Crippen molar-refractivity contribution in [3.8, 4) is 0 Å². The standard InChI is InChI=1S/C9H13NO2S/c1-6(2)8(12-3)9-10-4-7(5-11)13-9/h4-6,8H,1-3H3. The Morgan fingerprint density at radius 3 is 2.69 bits per heavy atom. The van der Waals surface area contributed by atoms with Gasteiger partial charge in [-0.05, 0) is 5.92 Å². The Hall–Kier alpha value is -0.740. The van der Waals surface area contributed by atoms with E-state index < -0.39 is 0 Å². The van der Waals surface area contributed by atoms with Crippen molar-refractivity contribution in [2.75, 3.05) is 7.11 Å². The number of rotatable bonds is 4. The summed E-state index contributed by atoms with van der Waals surface area (Å²) in [4.78, 5) is 15.2. The van der Waals surface area contributed by atoms with Gasteiger partial charge in [-0.1, -0.05) is 13.8 Å². The van der Waals surface area contributed by atoms with E-state index in [1.54, 1.807) is 13.3 Å². The molecular formula is C9H13NO2S. The lowest BCUT2D eigenvalue weighted by Crippen LogP contribution is -2.08. The molecule has 0 aliphatic heterocycles. The van der Waals surface area contributed by atoms with E-state index in [1.807, 2.05) is 0 Å². The minimum absolute atomic E-state index is 0.00120. The SMILES string of the molecule is COC(c1ncc(C=O)s1)C(C)C. The van der Waals surface area contributed by atoms with Crippen LogP contribution in [0.4, 0.5) is 0 Å². The lowest BCUT2D eigenvalue weighted by atomic mass is 10.1. The largest absolute Gasteiger partial charge is 0.374 e. The molecule has 4 heteroatoms. The molecule has 1 atom stereocenters. The average molecular weight is 199 g/mol. The molecule has 0 saturated heterocycles. The third-order valence-corrected chi connectivity index (χ3v) is 2.74. The number of ether oxygens (including phenoxy) is 1. The predicted molar refractivity (Wildman–Crippen MR) is 52.1 cm³/mol. The fraction of sp³-hybridized carbons (Fsp3) is 0.556. The number of methoxy groups -OCH3 is 1. The first-order valence-electron chi connectivity index (χ1n) is 4.12. The van der Waals surface area contributed by atoms with Gasteiger partial charge in [0.05, 0.1) is 4.88 Å². The highest BCUT2D eigenvalue weighted by atomic mass is 32.1. The zero-order valence-electron chi connectivity index (χ0n) is 7.98. The first-order chi connectivity index (χ1) is 6.19. The van der Waals surface area contributed by atoms with Gasteiger partial charge in [-0.15, -0.1) is 11.3 Å². The van der Waals surface area contributed by atoms with Crippen LogP contribution in [0.15, 0.2) is 6.20 Å². The molecule has 3 nitrogen and oxygen atoms in total. The van der Waals surface area contributed by atoms with Gasteiger partial charge in [0.25, 0.3) is 0 Å². The molecule has 72 valence electrons. The molecule has 0 N–H and O–H groups in total. The summed E-state index contributed by atoms with van der Waals surface area (Å²) < 4.78 is 5.29. The van der Waals surface area contributed by atoms with E-state index in [4.69, 9.17) is 4.74 Å². The number of carbonyl (C=O) groups excluding carboxylic acids is 1. The summed E-state index contributed by atoms with van der Waals surface area (Å²) in [7, 11) is 1.66. The number of aldehydes is 1. The van der Waals surface area contributed by atoms with Crippen molar-refractivity contribution in [3.05, 3.63) is 16.1 Å². The van der Waals surface area contributed by atoms with Crippen molar-refractivity contribution in [2.24, 2.45) is 5.92 Å². The molecule has 0 aliphatic carbocycles. The van der Waals surface area contributed by atoms with E-state index in [9.17, 15) is 4.79 Å². The van der Waals surface area contributed by atoms with E-state index >= 15 is 0 Å². The van der Waals surface area contributed by atoms with E-state index in [1.165, 1.54) is 11.3 Å². The van der Waals surface area contributed by atoms with Gasteiger partial charge in [0.2, 0.25) is 0 Å². The van der Waals surface area contributed by atoms with Crippen LogP contribution in [0, 0.1) is 5.92 Å². The van der Waals surface area contributed by atoms with Crippen LogP contribution in [0.5, 0.6) is 0 Å². The lowest BCUT2D eigenvalue weighted by Gasteiger charge is -2.15. The molecule has 0 bridgehead atoms. The molecule has 1 aromatic heterocycles. The second-order valence-corrected chi connectivity index (χ2v) is 4.21. The number of thiazole rings is 1. The highest BCUT2D eigenvalue weighted by Crippen LogP contribution is 2.27. The van der Waals surface area contributed by atoms with Crippen molar-refractivity contribution in [3.63, 3.8) is 0 Å². The molecule has 13 heavy (non-hydrogen) atoms. The smallest absolute Gasteiger partial charge is 0.161 e. The maximum Gasteiger partial charge on any atom is 0.161 e. The van der Waals surface area contributed by atoms with Gasteiger partial charge in [-0.2, -0.15) is 0 Å². The molecule has 0 aliphatic rings. The van der Waals surface area contributed by atoms with Crippen molar-refractivity contribution in [2.45, 2.75) is 20.0 Å². The molecule has 0 amide bonds. The van der Waals surface area contributed by atoms with Crippen LogP contribution in [0.2, 0.25) is 0 Å². The first-order valence-corrected chi connectivity index (χ1v) is 4.94. The Labute approximate surface area is 81.8 Å². The van der Waals surface area contributed by atoms with E-state index in [2.05, 4.69) is 18.8 Å². The van der Waals surface area contributed by atoms with Crippen LogP contribution in [-0.2, 0) is 4.74 Å². The quantitative estimate of drug-likeness (QED) is 0.698. The average Bonchev–Trinajstić information content (AvgIpc) is 2.53. The van der Waals surface area contributed by atoms with Crippen LogP contribution >= 0.6 is 11.3 Å². The van der Waals surface area contributed by atoms with Crippen molar-refractivity contribution in [1.29, 1.82) is 0 Å². The molecule has 0 spiro atoms. The molecule has 1 rings (SSSR count). The van der Waals surface area contributed by atoms with Gasteiger partial charge in [-0.3, -0.25) is 4.79 Å². The summed E-state index contributed by atoms with van der Waals surface area (Å²) in [6.07, 6.45) is 2.40. The third-order valence-electron chi connectivity index (χ3n) is 1.76. The Morgan fingerprint density at radius 2 is 2.31 bits per heavy atom. The van der Waals surface area contributed by atoms with Gasteiger partial charge in [0.15, 0.2) is 6.29 Å². The Balaban J connectivity index is 2.85. The second-order valence-electron chi connectivity index (χ2n) is 3.12. The fourth-order valence-electron chi connectivity index (χ4n) is 1.14. The van der Waals surface area contributed by atoms with Crippen molar-refractivity contribution < 1.29 is 9.53 Å². The molecule has 0 aromatic carbocycles. The monoisotopic (exact) mass is 199 g/mol. The maximum atomic E-state index is 10.4. The first kappa shape index (κ1) is 10.3. The minimum atomic E-state index is -0.00120. The Morgan fingerprint density at radius 1 is 1.62 bits per heavy atom. The van der Waals surface area contributed by atoms with Crippen LogP contribution in [0.1, 0.15) is 34.6 Å². The second kappa shape index (κ2) is 4.48. The number of carbonyl (C=O) groups is 1. The van der Waals surface area contributed by atoms with Gasteiger partial charge in [0.1, 0.15) is 11.1 Å². The zero-order valence-corrected chi connectivity index (χ0v) is 8.80. The molecular weight excluding hydrogens is 186 g/mol. The summed E-state index contributed by atoms with van der Waals surface area (Å²) in [6.45, 7) is 4.13. The van der Waals surface area contributed by atoms with Gasteiger partial charge in [-0.25, -0.2) is 4.98 Å². The van der Waals surface area contributed by atoms with Crippen LogP contribution in [0.3, 0.4) is 0 Å². The number of nitrogens with zero attached hydrogens (tertiary/aromatic N) is 1. The number of hydrogen-bond acceptors (Lipinski definition) is 4. The Kier molecular flexibility index (Phi) is 3.57. The summed E-state index contributed by atoms with van der Waals surface area (Å²) in [5.74, 6) is 0.371. The maximum absolute atomic E-state index is 10.4. The third kappa shape index (κ3) is 2.35. The van der Waals surface area contributed by atoms with Gasteiger partial charge < -0.3 is 4.74 Å². The van der Waals surface area contributed by atoms with Gasteiger partial charge >= 0.3 is 0 Å². The molecule has 0 radical (unpaired) electrons. The summed E-state index contributed by atoms with van der Waals surface area (Å²) in [6, 6.07) is 0. The van der Waals surface area contributed by atoms with Crippen LogP contribution in [-0.4, -0.2) is 18.4 Å². The summed E-state index contributed by atoms with van der Waals surface area (Å²) >= 11 is 1.39. The highest BCUT2D eigenvalue weighted by molar-refractivity contribution is 7.13. The Bertz CT molecular complexity index is 283. The van der Waals surface area contributed by atoms with Crippen LogP contribution < -0.4 is 0 Å². The predicted octanol–water partition coefficient (Wildman–Crippen LogP) is 2.30. The van der Waals surface area contributed by atoms with Gasteiger partial charge in [0, 0.05) is 13.3 Å². The molecule has 1 unspecified atom stereocenters. The fourth-order valence-corrected chi connectivity index (χ4v) is 2.13. The summed E-state index contributed by atoms with van der Waals surface area (Å²) in [5.41, 5.74) is 0.